The third-order valence-corrected chi connectivity index (χ3v) is 6.81. The number of aryl methyl sites for hydroxylation is 3. The molecule has 0 bridgehead atoms. The number of halogens is 2. The first-order valence-corrected chi connectivity index (χ1v) is 10.9. The van der Waals surface area contributed by atoms with Crippen molar-refractivity contribution in [2.24, 2.45) is 0 Å². The van der Waals surface area contributed by atoms with E-state index in [4.69, 9.17) is 0 Å². The molecule has 2 aromatic carbocycles. The number of carbonyl (C=O) groups excluding carboxylic acids is 1. The number of ketones is 1. The van der Waals surface area contributed by atoms with E-state index in [1.54, 1.807) is 6.20 Å². The zero-order valence-electron chi connectivity index (χ0n) is 16.9. The second-order valence-electron chi connectivity index (χ2n) is 7.63. The maximum Gasteiger partial charge on any atom is 0.195 e. The molecule has 0 N–H and O–H groups in total. The summed E-state index contributed by atoms with van der Waals surface area (Å²) in [6.45, 7) is 1.95. The highest BCUT2D eigenvalue weighted by atomic mass is 32.1. The first-order chi connectivity index (χ1) is 15.0. The summed E-state index contributed by atoms with van der Waals surface area (Å²) in [5.41, 5.74) is 3.93. The number of aromatic nitrogens is 3. The SMILES string of the molecule is Cc1nccn1-c1ccc2c(c1)-c1sc(C(=O)Cc3c(F)cccc3F)nc1CCC2. The van der Waals surface area contributed by atoms with Gasteiger partial charge in [0.1, 0.15) is 17.5 Å². The van der Waals surface area contributed by atoms with Crippen LogP contribution >= 0.6 is 11.3 Å². The molecule has 1 aliphatic carbocycles. The van der Waals surface area contributed by atoms with Gasteiger partial charge in [0, 0.05) is 30.1 Å². The van der Waals surface area contributed by atoms with Gasteiger partial charge in [0.15, 0.2) is 10.8 Å². The summed E-state index contributed by atoms with van der Waals surface area (Å²) in [6.07, 6.45) is 5.97. The Morgan fingerprint density at radius 2 is 1.97 bits per heavy atom. The van der Waals surface area contributed by atoms with Crippen LogP contribution in [0.5, 0.6) is 0 Å². The van der Waals surface area contributed by atoms with E-state index >= 15 is 0 Å². The molecular weight excluding hydrogens is 416 g/mol. The summed E-state index contributed by atoms with van der Waals surface area (Å²) in [6, 6.07) is 9.93. The van der Waals surface area contributed by atoms with Crippen molar-refractivity contribution in [3.8, 4) is 16.1 Å². The summed E-state index contributed by atoms with van der Waals surface area (Å²) in [4.78, 5) is 22.7. The van der Waals surface area contributed by atoms with Crippen molar-refractivity contribution >= 4 is 17.1 Å². The van der Waals surface area contributed by atoms with Crippen LogP contribution in [0.4, 0.5) is 8.78 Å². The fourth-order valence-electron chi connectivity index (χ4n) is 4.03. The zero-order valence-corrected chi connectivity index (χ0v) is 17.7. The maximum atomic E-state index is 14.0. The normalized spacial score (nSPS) is 12.9. The van der Waals surface area contributed by atoms with Crippen LogP contribution in [0.15, 0.2) is 48.8 Å². The summed E-state index contributed by atoms with van der Waals surface area (Å²) < 4.78 is 30.0. The van der Waals surface area contributed by atoms with Gasteiger partial charge in [-0.3, -0.25) is 4.79 Å². The Bertz CT molecular complexity index is 1290. The van der Waals surface area contributed by atoms with Gasteiger partial charge in [0.2, 0.25) is 0 Å². The smallest absolute Gasteiger partial charge is 0.195 e. The number of imidazole rings is 1. The van der Waals surface area contributed by atoms with Gasteiger partial charge in [-0.2, -0.15) is 0 Å². The Hall–Kier alpha value is -3.19. The van der Waals surface area contributed by atoms with Crippen molar-refractivity contribution < 1.29 is 13.6 Å². The molecule has 0 saturated carbocycles. The van der Waals surface area contributed by atoms with E-state index in [2.05, 4.69) is 28.2 Å². The quantitative estimate of drug-likeness (QED) is 0.398. The van der Waals surface area contributed by atoms with Gasteiger partial charge < -0.3 is 4.57 Å². The van der Waals surface area contributed by atoms with Gasteiger partial charge in [0.05, 0.1) is 10.6 Å². The molecule has 4 nitrogen and oxygen atoms in total. The standard InChI is InChI=1S/C24H19F2N3OS/c1-14-27-10-11-29(14)16-9-8-15-4-2-7-21-23(17(15)12-16)31-24(28-21)22(30)13-18-19(25)5-3-6-20(18)26/h3,5-6,8-12H,2,4,7,13H2,1H3. The predicted molar refractivity (Wildman–Crippen MR) is 116 cm³/mol. The average molecular weight is 435 g/mol. The molecule has 0 unspecified atom stereocenters. The Balaban J connectivity index is 1.53. The van der Waals surface area contributed by atoms with Crippen LogP contribution < -0.4 is 0 Å². The average Bonchev–Trinajstić information content (AvgIpc) is 3.34. The molecule has 0 amide bonds. The number of Topliss-reactive ketones (excluding diaryl/α,β-unsaturated/α-hetero) is 1. The van der Waals surface area contributed by atoms with Crippen molar-refractivity contribution in [2.45, 2.75) is 32.6 Å². The molecule has 0 atom stereocenters. The minimum Gasteiger partial charge on any atom is -0.304 e. The fraction of sp³-hybridized carbons (Fsp3) is 0.208. The van der Waals surface area contributed by atoms with Gasteiger partial charge in [-0.1, -0.05) is 12.1 Å². The van der Waals surface area contributed by atoms with E-state index in [1.807, 2.05) is 17.7 Å². The van der Waals surface area contributed by atoms with E-state index in [0.717, 1.165) is 46.9 Å². The Labute approximate surface area is 182 Å². The van der Waals surface area contributed by atoms with E-state index < -0.39 is 11.6 Å². The summed E-state index contributed by atoms with van der Waals surface area (Å²) in [5.74, 6) is -0.902. The third-order valence-electron chi connectivity index (χ3n) is 5.64. The lowest BCUT2D eigenvalue weighted by atomic mass is 10.0. The van der Waals surface area contributed by atoms with Gasteiger partial charge in [0.25, 0.3) is 0 Å². The van der Waals surface area contributed by atoms with Crippen molar-refractivity contribution in [1.82, 2.24) is 14.5 Å². The highest BCUT2D eigenvalue weighted by Crippen LogP contribution is 2.38. The number of benzene rings is 2. The largest absolute Gasteiger partial charge is 0.304 e. The number of hydrogen-bond donors (Lipinski definition) is 0. The molecule has 0 saturated heterocycles. The van der Waals surface area contributed by atoms with Crippen molar-refractivity contribution in [2.75, 3.05) is 0 Å². The number of fused-ring (bicyclic) bond motifs is 3. The fourth-order valence-corrected chi connectivity index (χ4v) is 5.13. The minimum absolute atomic E-state index is 0.212. The molecule has 2 aromatic heterocycles. The number of rotatable bonds is 4. The number of carbonyl (C=O) groups is 1. The Kier molecular flexibility index (Phi) is 4.98. The summed E-state index contributed by atoms with van der Waals surface area (Å²) in [7, 11) is 0. The molecule has 7 heteroatoms. The van der Waals surface area contributed by atoms with Crippen LogP contribution in [0.3, 0.4) is 0 Å². The second kappa shape index (κ2) is 7.81. The van der Waals surface area contributed by atoms with E-state index in [9.17, 15) is 13.6 Å². The van der Waals surface area contributed by atoms with E-state index in [0.29, 0.717) is 5.01 Å². The van der Waals surface area contributed by atoms with Crippen LogP contribution in [0, 0.1) is 18.6 Å². The molecule has 156 valence electrons. The van der Waals surface area contributed by atoms with Crippen LogP contribution in [-0.2, 0) is 19.3 Å². The minimum atomic E-state index is -0.711. The molecule has 5 rings (SSSR count). The molecule has 0 radical (unpaired) electrons. The highest BCUT2D eigenvalue weighted by molar-refractivity contribution is 7.17. The highest BCUT2D eigenvalue weighted by Gasteiger charge is 2.24. The predicted octanol–water partition coefficient (Wildman–Crippen LogP) is 5.50. The molecule has 0 fully saturated rings. The van der Waals surface area contributed by atoms with Crippen molar-refractivity contribution in [1.29, 1.82) is 0 Å². The molecule has 1 aliphatic rings. The molecule has 31 heavy (non-hydrogen) atoms. The number of hydrogen-bond acceptors (Lipinski definition) is 4. The molecule has 0 aliphatic heterocycles. The lowest BCUT2D eigenvalue weighted by Gasteiger charge is -2.11. The van der Waals surface area contributed by atoms with Crippen molar-refractivity contribution in [3.63, 3.8) is 0 Å². The van der Waals surface area contributed by atoms with Gasteiger partial charge >= 0.3 is 0 Å². The number of nitrogens with zero attached hydrogens (tertiary/aromatic N) is 3. The van der Waals surface area contributed by atoms with E-state index in [1.165, 1.54) is 35.1 Å². The van der Waals surface area contributed by atoms with Crippen molar-refractivity contribution in [3.05, 3.63) is 88.1 Å². The number of thiazole rings is 1. The topological polar surface area (TPSA) is 47.8 Å². The van der Waals surface area contributed by atoms with Gasteiger partial charge in [-0.15, -0.1) is 11.3 Å². The molecule has 0 spiro atoms. The Morgan fingerprint density at radius 3 is 2.71 bits per heavy atom. The summed E-state index contributed by atoms with van der Waals surface area (Å²) in [5, 5.41) is 0.296. The van der Waals surface area contributed by atoms with Crippen LogP contribution in [0.2, 0.25) is 0 Å². The summed E-state index contributed by atoms with van der Waals surface area (Å²) >= 11 is 1.31. The van der Waals surface area contributed by atoms with Crippen LogP contribution in [-0.4, -0.2) is 20.3 Å². The van der Waals surface area contributed by atoms with Gasteiger partial charge in [-0.25, -0.2) is 18.7 Å². The lowest BCUT2D eigenvalue weighted by Crippen LogP contribution is -2.07. The first kappa shape index (κ1) is 19.8. The third kappa shape index (κ3) is 3.59. The molecule has 4 aromatic rings. The first-order valence-electron chi connectivity index (χ1n) is 10.1. The monoisotopic (exact) mass is 435 g/mol. The van der Waals surface area contributed by atoms with Crippen LogP contribution in [0.1, 0.15) is 38.9 Å². The lowest BCUT2D eigenvalue weighted by molar-refractivity contribution is 0.0990. The molecule has 2 heterocycles. The second-order valence-corrected chi connectivity index (χ2v) is 8.63. The molecular formula is C24H19F2N3OS. The zero-order chi connectivity index (χ0) is 21.5. The van der Waals surface area contributed by atoms with Gasteiger partial charge in [-0.05, 0) is 61.6 Å². The maximum absolute atomic E-state index is 14.0. The van der Waals surface area contributed by atoms with Crippen LogP contribution in [0.25, 0.3) is 16.1 Å². The Morgan fingerprint density at radius 1 is 1.16 bits per heavy atom. The van der Waals surface area contributed by atoms with E-state index in [-0.39, 0.29) is 17.8 Å².